The molecule has 5 heteroatoms. The molecule has 3 nitrogen and oxygen atoms in total. The van der Waals surface area contributed by atoms with Crippen LogP contribution >= 0.6 is 0 Å². The van der Waals surface area contributed by atoms with Gasteiger partial charge in [0.05, 0.1) is 12.1 Å². The predicted molar refractivity (Wildman–Crippen MR) is 107 cm³/mol. The molecule has 0 spiro atoms. The lowest BCUT2D eigenvalue weighted by Crippen LogP contribution is -2.36. The second-order valence-electron chi connectivity index (χ2n) is 7.79. The van der Waals surface area contributed by atoms with Crippen molar-refractivity contribution in [2.45, 2.75) is 26.7 Å². The van der Waals surface area contributed by atoms with Crippen molar-refractivity contribution in [2.75, 3.05) is 19.6 Å². The van der Waals surface area contributed by atoms with E-state index < -0.39 is 11.6 Å². The van der Waals surface area contributed by atoms with Gasteiger partial charge in [0, 0.05) is 28.4 Å². The molecule has 1 aromatic heterocycles. The van der Waals surface area contributed by atoms with Gasteiger partial charge in [0.2, 0.25) is 0 Å². The zero-order valence-electron chi connectivity index (χ0n) is 16.2. The normalized spacial score (nSPS) is 16.0. The fourth-order valence-electron chi connectivity index (χ4n) is 4.18. The molecule has 0 aliphatic carbocycles. The number of aromatic nitrogens is 1. The molecule has 1 saturated heterocycles. The lowest BCUT2D eigenvalue weighted by Gasteiger charge is -2.29. The van der Waals surface area contributed by atoms with Crippen LogP contribution in [0.4, 0.5) is 8.78 Å². The molecular weight excluding hydrogens is 358 g/mol. The van der Waals surface area contributed by atoms with Crippen LogP contribution in [0.2, 0.25) is 0 Å². The first kappa shape index (κ1) is 18.8. The van der Waals surface area contributed by atoms with Gasteiger partial charge in [-0.25, -0.2) is 8.78 Å². The molecule has 0 atom stereocenters. The van der Waals surface area contributed by atoms with Crippen LogP contribution in [0, 0.1) is 24.5 Å². The molecule has 2 aromatic carbocycles. The van der Waals surface area contributed by atoms with Crippen molar-refractivity contribution >= 4 is 16.7 Å². The van der Waals surface area contributed by atoms with Gasteiger partial charge in [-0.1, -0.05) is 25.1 Å². The van der Waals surface area contributed by atoms with Crippen LogP contribution in [0.25, 0.3) is 16.6 Å². The summed E-state index contributed by atoms with van der Waals surface area (Å²) in [5.74, 6) is -0.994. The maximum Gasteiger partial charge on any atom is 0.179 e. The molecule has 1 aliphatic rings. The van der Waals surface area contributed by atoms with Gasteiger partial charge in [-0.2, -0.15) is 0 Å². The third-order valence-corrected chi connectivity index (χ3v) is 5.80. The number of rotatable bonds is 4. The summed E-state index contributed by atoms with van der Waals surface area (Å²) < 4.78 is 29.1. The minimum atomic E-state index is -0.898. The smallest absolute Gasteiger partial charge is 0.179 e. The number of benzene rings is 2. The number of fused-ring (bicyclic) bond motifs is 1. The van der Waals surface area contributed by atoms with Crippen LogP contribution < -0.4 is 0 Å². The number of nitrogens with zero attached hydrogens (tertiary/aromatic N) is 2. The number of para-hydroxylation sites is 1. The Morgan fingerprint density at radius 1 is 1.07 bits per heavy atom. The molecule has 2 heterocycles. The lowest BCUT2D eigenvalue weighted by molar-refractivity contribution is 0.0900. The highest BCUT2D eigenvalue weighted by atomic mass is 19.2. The maximum atomic E-state index is 13.8. The number of halogens is 2. The highest BCUT2D eigenvalue weighted by Gasteiger charge is 2.24. The minimum Gasteiger partial charge on any atom is -0.313 e. The molecule has 0 N–H and O–H groups in total. The molecule has 4 rings (SSSR count). The van der Waals surface area contributed by atoms with Crippen molar-refractivity contribution in [1.29, 1.82) is 0 Å². The van der Waals surface area contributed by atoms with E-state index in [1.54, 1.807) is 0 Å². The lowest BCUT2D eigenvalue weighted by atomic mass is 9.98. The average molecular weight is 382 g/mol. The van der Waals surface area contributed by atoms with Crippen LogP contribution in [-0.4, -0.2) is 34.9 Å². The van der Waals surface area contributed by atoms with Crippen molar-refractivity contribution in [3.63, 3.8) is 0 Å². The first-order valence-electron chi connectivity index (χ1n) is 9.76. The van der Waals surface area contributed by atoms with Crippen molar-refractivity contribution in [3.8, 4) is 5.69 Å². The van der Waals surface area contributed by atoms with Gasteiger partial charge in [0.15, 0.2) is 17.4 Å². The second-order valence-corrected chi connectivity index (χ2v) is 7.79. The Bertz CT molecular complexity index is 1030. The fraction of sp³-hybridized carbons (Fsp3) is 0.348. The first-order valence-corrected chi connectivity index (χ1v) is 9.76. The molecule has 3 aromatic rings. The third kappa shape index (κ3) is 3.35. The molecule has 0 unspecified atom stereocenters. The van der Waals surface area contributed by atoms with Gasteiger partial charge in [-0.05, 0) is 57.0 Å². The second kappa shape index (κ2) is 7.47. The maximum absolute atomic E-state index is 13.8. The summed E-state index contributed by atoms with van der Waals surface area (Å²) in [4.78, 5) is 15.4. The van der Waals surface area contributed by atoms with Gasteiger partial charge in [0.25, 0.3) is 0 Å². The number of piperidine rings is 1. The standard InChI is InChI=1S/C23H24F2N2O/c1-15-9-11-26(12-10-15)14-22(28)23-16(2)27(21-6-4-3-5-18(21)23)17-7-8-19(24)20(25)13-17/h3-8,13,15H,9-12,14H2,1-2H3. The van der Waals surface area contributed by atoms with Crippen LogP contribution in [0.1, 0.15) is 35.8 Å². The van der Waals surface area contributed by atoms with Gasteiger partial charge in [-0.15, -0.1) is 0 Å². The Morgan fingerprint density at radius 2 is 1.79 bits per heavy atom. The molecule has 146 valence electrons. The number of likely N-dealkylation sites (tertiary alicyclic amines) is 1. The zero-order chi connectivity index (χ0) is 19.8. The fourth-order valence-corrected chi connectivity index (χ4v) is 4.18. The summed E-state index contributed by atoms with van der Waals surface area (Å²) in [5, 5.41) is 0.847. The van der Waals surface area contributed by atoms with Gasteiger partial charge in [0.1, 0.15) is 0 Å². The SMILES string of the molecule is Cc1c(C(=O)CN2CCC(C)CC2)c2ccccc2n1-c1ccc(F)c(F)c1. The monoisotopic (exact) mass is 382 g/mol. The van der Waals surface area contributed by atoms with Crippen LogP contribution in [0.3, 0.4) is 0 Å². The molecule has 0 saturated carbocycles. The zero-order valence-corrected chi connectivity index (χ0v) is 16.2. The van der Waals surface area contributed by atoms with E-state index in [-0.39, 0.29) is 5.78 Å². The van der Waals surface area contributed by atoms with Crippen LogP contribution in [0.15, 0.2) is 42.5 Å². The summed E-state index contributed by atoms with van der Waals surface area (Å²) in [5.41, 5.74) is 2.75. The molecule has 0 radical (unpaired) electrons. The summed E-state index contributed by atoms with van der Waals surface area (Å²) in [6.45, 7) is 6.38. The van der Waals surface area contributed by atoms with E-state index in [4.69, 9.17) is 0 Å². The summed E-state index contributed by atoms with van der Waals surface area (Å²) in [6, 6.07) is 11.4. The molecule has 1 fully saturated rings. The molecular formula is C23H24F2N2O. The Kier molecular flexibility index (Phi) is 5.02. The van der Waals surface area contributed by atoms with Crippen LogP contribution in [-0.2, 0) is 0 Å². The number of carbonyl (C=O) groups excluding carboxylic acids is 1. The van der Waals surface area contributed by atoms with Crippen molar-refractivity contribution < 1.29 is 13.6 Å². The molecule has 28 heavy (non-hydrogen) atoms. The summed E-state index contributed by atoms with van der Waals surface area (Å²) >= 11 is 0. The third-order valence-electron chi connectivity index (χ3n) is 5.80. The Hall–Kier alpha value is -2.53. The topological polar surface area (TPSA) is 25.2 Å². The Morgan fingerprint density at radius 3 is 2.50 bits per heavy atom. The van der Waals surface area contributed by atoms with Gasteiger partial charge in [-0.3, -0.25) is 9.69 Å². The summed E-state index contributed by atoms with van der Waals surface area (Å²) in [7, 11) is 0. The van der Waals surface area contributed by atoms with E-state index in [2.05, 4.69) is 11.8 Å². The van der Waals surface area contributed by atoms with E-state index in [0.717, 1.165) is 48.6 Å². The van der Waals surface area contributed by atoms with E-state index in [1.165, 1.54) is 12.1 Å². The van der Waals surface area contributed by atoms with Gasteiger partial charge >= 0.3 is 0 Å². The molecule has 1 aliphatic heterocycles. The molecule has 0 bridgehead atoms. The quantitative estimate of drug-likeness (QED) is 0.585. The minimum absolute atomic E-state index is 0.0737. The van der Waals surface area contributed by atoms with E-state index in [9.17, 15) is 13.6 Å². The number of Topliss-reactive ketones (excluding diaryl/α,β-unsaturated/α-hetero) is 1. The van der Waals surface area contributed by atoms with E-state index >= 15 is 0 Å². The highest BCUT2D eigenvalue weighted by Crippen LogP contribution is 2.30. The van der Waals surface area contributed by atoms with E-state index in [0.29, 0.717) is 23.7 Å². The number of ketones is 1. The van der Waals surface area contributed by atoms with Crippen LogP contribution in [0.5, 0.6) is 0 Å². The number of carbonyl (C=O) groups is 1. The molecule has 0 amide bonds. The highest BCUT2D eigenvalue weighted by molar-refractivity contribution is 6.10. The number of hydrogen-bond acceptors (Lipinski definition) is 2. The largest absolute Gasteiger partial charge is 0.313 e. The average Bonchev–Trinajstić information content (AvgIpc) is 2.98. The summed E-state index contributed by atoms with van der Waals surface area (Å²) in [6.07, 6.45) is 2.23. The van der Waals surface area contributed by atoms with Gasteiger partial charge < -0.3 is 4.57 Å². The van der Waals surface area contributed by atoms with Crippen molar-refractivity contribution in [3.05, 3.63) is 65.4 Å². The Labute approximate surface area is 163 Å². The van der Waals surface area contributed by atoms with Crippen molar-refractivity contribution in [2.24, 2.45) is 5.92 Å². The predicted octanol–water partition coefficient (Wildman–Crippen LogP) is 5.13. The Balaban J connectivity index is 1.76. The number of hydrogen-bond donors (Lipinski definition) is 0. The van der Waals surface area contributed by atoms with Crippen molar-refractivity contribution in [1.82, 2.24) is 9.47 Å². The van der Waals surface area contributed by atoms with E-state index in [1.807, 2.05) is 35.8 Å². The first-order chi connectivity index (χ1) is 13.5.